The Morgan fingerprint density at radius 1 is 1.44 bits per heavy atom. The third-order valence-electron chi connectivity index (χ3n) is 4.86. The van der Waals surface area contributed by atoms with Crippen molar-refractivity contribution in [3.8, 4) is 0 Å². The summed E-state index contributed by atoms with van der Waals surface area (Å²) >= 11 is 1.37. The lowest BCUT2D eigenvalue weighted by molar-refractivity contribution is -0.134. The molecule has 130 valence electrons. The van der Waals surface area contributed by atoms with E-state index in [9.17, 15) is 14.4 Å². The zero-order valence-corrected chi connectivity index (χ0v) is 14.8. The maximum Gasteiger partial charge on any atom is 0.325 e. The van der Waals surface area contributed by atoms with E-state index in [0.29, 0.717) is 5.13 Å². The maximum absolute atomic E-state index is 12.5. The number of imide groups is 1. The average molecular weight is 358 g/mol. The first-order chi connectivity index (χ1) is 11.9. The van der Waals surface area contributed by atoms with Gasteiger partial charge in [0.1, 0.15) is 12.1 Å². The Labute approximate surface area is 148 Å². The summed E-state index contributed by atoms with van der Waals surface area (Å²) in [5.41, 5.74) is 1.01. The minimum absolute atomic E-state index is 0.171. The second-order valence-corrected chi connectivity index (χ2v) is 7.82. The zero-order valence-electron chi connectivity index (χ0n) is 14.0. The highest BCUT2D eigenvalue weighted by Gasteiger charge is 2.56. The third kappa shape index (κ3) is 2.66. The predicted molar refractivity (Wildman–Crippen MR) is 94.4 cm³/mol. The fourth-order valence-corrected chi connectivity index (χ4v) is 4.20. The topological polar surface area (TPSA) is 91.4 Å². The van der Waals surface area contributed by atoms with Gasteiger partial charge in [0.15, 0.2) is 5.13 Å². The van der Waals surface area contributed by atoms with Crippen molar-refractivity contribution < 1.29 is 14.4 Å². The number of aryl methyl sites for hydroxylation is 1. The van der Waals surface area contributed by atoms with E-state index in [4.69, 9.17) is 0 Å². The second kappa shape index (κ2) is 5.52. The number of amides is 4. The van der Waals surface area contributed by atoms with Gasteiger partial charge in [-0.15, -0.1) is 0 Å². The normalized spacial score (nSPS) is 23.2. The van der Waals surface area contributed by atoms with E-state index in [2.05, 4.69) is 15.6 Å². The van der Waals surface area contributed by atoms with Crippen LogP contribution in [-0.2, 0) is 9.59 Å². The molecule has 2 N–H and O–H groups in total. The summed E-state index contributed by atoms with van der Waals surface area (Å²) in [6.45, 7) is 3.39. The molecule has 1 saturated heterocycles. The molecule has 0 radical (unpaired) electrons. The zero-order chi connectivity index (χ0) is 17.8. The SMILES string of the molecule is Cc1cccc2sc(NC(=O)CN3C(=O)N[C@@](C)(C4CC4)C3=O)nc12. The molecular formula is C17H18N4O3S. The Kier molecular flexibility index (Phi) is 3.54. The number of nitrogens with zero attached hydrogens (tertiary/aromatic N) is 2. The summed E-state index contributed by atoms with van der Waals surface area (Å²) in [6.07, 6.45) is 1.85. The van der Waals surface area contributed by atoms with Gasteiger partial charge in [0.25, 0.3) is 5.91 Å². The highest BCUT2D eigenvalue weighted by atomic mass is 32.1. The third-order valence-corrected chi connectivity index (χ3v) is 5.80. The standard InChI is InChI=1S/C17H18N4O3S/c1-9-4-3-5-11-13(9)19-15(25-11)18-12(22)8-21-14(23)17(2,10-6-7-10)20-16(21)24/h3-5,10H,6-8H2,1-2H3,(H,20,24)(H,18,19,22)/t17-/m0/s1. The first-order valence-electron chi connectivity index (χ1n) is 8.18. The van der Waals surface area contributed by atoms with Gasteiger partial charge in [-0.25, -0.2) is 9.78 Å². The van der Waals surface area contributed by atoms with E-state index >= 15 is 0 Å². The maximum atomic E-state index is 12.5. The average Bonchev–Trinajstić information content (AvgIpc) is 3.29. The summed E-state index contributed by atoms with van der Waals surface area (Å²) < 4.78 is 0.978. The van der Waals surface area contributed by atoms with Crippen molar-refractivity contribution in [3.63, 3.8) is 0 Å². The molecule has 1 aromatic heterocycles. The van der Waals surface area contributed by atoms with Gasteiger partial charge in [-0.2, -0.15) is 0 Å². The number of nitrogens with one attached hydrogen (secondary N) is 2. The lowest BCUT2D eigenvalue weighted by Gasteiger charge is -2.20. The number of anilines is 1. The molecule has 1 aromatic carbocycles. The van der Waals surface area contributed by atoms with E-state index in [-0.39, 0.29) is 18.4 Å². The molecule has 25 heavy (non-hydrogen) atoms. The number of benzene rings is 1. The molecule has 1 atom stereocenters. The van der Waals surface area contributed by atoms with Crippen LogP contribution >= 0.6 is 11.3 Å². The van der Waals surface area contributed by atoms with Crippen molar-refractivity contribution >= 4 is 44.5 Å². The molecule has 8 heteroatoms. The van der Waals surface area contributed by atoms with Gasteiger partial charge in [-0.1, -0.05) is 23.5 Å². The van der Waals surface area contributed by atoms with Crippen LogP contribution in [0.5, 0.6) is 0 Å². The number of rotatable bonds is 4. The smallest absolute Gasteiger partial charge is 0.323 e. The van der Waals surface area contributed by atoms with Crippen molar-refractivity contribution in [3.05, 3.63) is 23.8 Å². The summed E-state index contributed by atoms with van der Waals surface area (Å²) in [5.74, 6) is -0.584. The van der Waals surface area contributed by atoms with Gasteiger partial charge in [0, 0.05) is 0 Å². The first kappa shape index (κ1) is 16.0. The number of carbonyl (C=O) groups excluding carboxylic acids is 3. The van der Waals surface area contributed by atoms with Crippen LogP contribution in [0.15, 0.2) is 18.2 Å². The molecule has 0 unspecified atom stereocenters. The minimum Gasteiger partial charge on any atom is -0.323 e. The Balaban J connectivity index is 1.47. The first-order valence-corrected chi connectivity index (χ1v) is 9.00. The van der Waals surface area contributed by atoms with Crippen LogP contribution in [0.4, 0.5) is 9.93 Å². The van der Waals surface area contributed by atoms with Crippen LogP contribution in [-0.4, -0.2) is 39.8 Å². The quantitative estimate of drug-likeness (QED) is 0.820. The molecule has 0 spiro atoms. The van der Waals surface area contributed by atoms with Crippen LogP contribution < -0.4 is 10.6 Å². The van der Waals surface area contributed by atoms with Gasteiger partial charge in [-0.3, -0.25) is 14.5 Å². The number of hydrogen-bond acceptors (Lipinski definition) is 5. The molecule has 2 aliphatic rings. The Bertz CT molecular complexity index is 904. The van der Waals surface area contributed by atoms with Gasteiger partial charge < -0.3 is 10.6 Å². The summed E-state index contributed by atoms with van der Waals surface area (Å²) in [5, 5.41) is 5.89. The highest BCUT2D eigenvalue weighted by molar-refractivity contribution is 7.22. The minimum atomic E-state index is -0.871. The number of hydrogen-bond donors (Lipinski definition) is 2. The molecule has 1 saturated carbocycles. The van der Waals surface area contributed by atoms with Gasteiger partial charge in [-0.05, 0) is 44.2 Å². The van der Waals surface area contributed by atoms with Gasteiger partial charge >= 0.3 is 6.03 Å². The van der Waals surface area contributed by atoms with E-state index in [1.807, 2.05) is 25.1 Å². The van der Waals surface area contributed by atoms with Crippen molar-refractivity contribution in [2.75, 3.05) is 11.9 Å². The Morgan fingerprint density at radius 3 is 2.88 bits per heavy atom. The Morgan fingerprint density at radius 2 is 2.20 bits per heavy atom. The summed E-state index contributed by atoms with van der Waals surface area (Å²) in [7, 11) is 0. The number of thiazole rings is 1. The molecule has 0 bridgehead atoms. The van der Waals surface area contributed by atoms with E-state index in [0.717, 1.165) is 33.5 Å². The largest absolute Gasteiger partial charge is 0.325 e. The molecule has 2 fully saturated rings. The number of para-hydroxylation sites is 1. The van der Waals surface area contributed by atoms with E-state index < -0.39 is 17.5 Å². The van der Waals surface area contributed by atoms with Crippen LogP contribution in [0.1, 0.15) is 25.3 Å². The Hall–Kier alpha value is -2.48. The van der Waals surface area contributed by atoms with Crippen molar-refractivity contribution in [2.45, 2.75) is 32.2 Å². The van der Waals surface area contributed by atoms with Gasteiger partial charge in [0.2, 0.25) is 5.91 Å². The van der Waals surface area contributed by atoms with E-state index in [1.54, 1.807) is 6.92 Å². The summed E-state index contributed by atoms with van der Waals surface area (Å²) in [6, 6.07) is 5.33. The second-order valence-electron chi connectivity index (χ2n) is 6.79. The van der Waals surface area contributed by atoms with Gasteiger partial charge in [0.05, 0.1) is 10.2 Å². The van der Waals surface area contributed by atoms with Crippen LogP contribution in [0.25, 0.3) is 10.2 Å². The lowest BCUT2D eigenvalue weighted by atomic mass is 9.96. The lowest BCUT2D eigenvalue weighted by Crippen LogP contribution is -2.46. The van der Waals surface area contributed by atoms with Crippen LogP contribution in [0.3, 0.4) is 0 Å². The van der Waals surface area contributed by atoms with Crippen molar-refractivity contribution in [2.24, 2.45) is 5.92 Å². The highest BCUT2D eigenvalue weighted by Crippen LogP contribution is 2.42. The fourth-order valence-electron chi connectivity index (χ4n) is 3.24. The molecule has 2 heterocycles. The number of carbonyl (C=O) groups is 3. The molecule has 4 amide bonds. The number of urea groups is 1. The summed E-state index contributed by atoms with van der Waals surface area (Å²) in [4.78, 5) is 42.4. The molecule has 4 rings (SSSR count). The van der Waals surface area contributed by atoms with Crippen LogP contribution in [0.2, 0.25) is 0 Å². The van der Waals surface area contributed by atoms with Crippen LogP contribution in [0, 0.1) is 12.8 Å². The number of fused-ring (bicyclic) bond motifs is 1. The number of aromatic nitrogens is 1. The molecule has 1 aliphatic carbocycles. The van der Waals surface area contributed by atoms with E-state index in [1.165, 1.54) is 11.3 Å². The molecule has 1 aliphatic heterocycles. The molecule has 7 nitrogen and oxygen atoms in total. The van der Waals surface area contributed by atoms with Crippen molar-refractivity contribution in [1.29, 1.82) is 0 Å². The van der Waals surface area contributed by atoms with Crippen molar-refractivity contribution in [1.82, 2.24) is 15.2 Å². The fraction of sp³-hybridized carbons (Fsp3) is 0.412. The monoisotopic (exact) mass is 358 g/mol. The molecule has 2 aromatic rings. The molecular weight excluding hydrogens is 340 g/mol. The predicted octanol–water partition coefficient (Wildman–Crippen LogP) is 2.26.